The Labute approximate surface area is 139 Å². The molecule has 1 aliphatic carbocycles. The van der Waals surface area contributed by atoms with Crippen LogP contribution in [0, 0.1) is 12.8 Å². The first-order valence-corrected chi connectivity index (χ1v) is 8.94. The van der Waals surface area contributed by atoms with Crippen molar-refractivity contribution in [1.82, 2.24) is 20.0 Å². The number of piperidine rings is 1. The Kier molecular flexibility index (Phi) is 4.50. The molecule has 2 aliphatic rings. The summed E-state index contributed by atoms with van der Waals surface area (Å²) in [4.78, 5) is 14.8. The Bertz CT molecular complexity index is 560. The maximum atomic E-state index is 12.8. The van der Waals surface area contributed by atoms with E-state index in [-0.39, 0.29) is 11.4 Å². The van der Waals surface area contributed by atoms with Gasteiger partial charge in [0.25, 0.3) is 5.91 Å². The summed E-state index contributed by atoms with van der Waals surface area (Å²) in [5.74, 6) is 1.05. The zero-order valence-corrected chi connectivity index (χ0v) is 14.9. The zero-order chi connectivity index (χ0) is 16.6. The fourth-order valence-electron chi connectivity index (χ4n) is 3.41. The minimum atomic E-state index is -0.0949. The summed E-state index contributed by atoms with van der Waals surface area (Å²) in [6.45, 7) is 11.2. The van der Waals surface area contributed by atoms with Crippen LogP contribution in [0.15, 0.2) is 6.20 Å². The molecule has 2 heterocycles. The Hall–Kier alpha value is -1.36. The number of amides is 1. The molecule has 1 aliphatic heterocycles. The van der Waals surface area contributed by atoms with Crippen LogP contribution in [0.2, 0.25) is 0 Å². The molecule has 1 N–H and O–H groups in total. The van der Waals surface area contributed by atoms with Gasteiger partial charge in [0, 0.05) is 24.8 Å². The molecule has 128 valence electrons. The van der Waals surface area contributed by atoms with Crippen molar-refractivity contribution in [3.63, 3.8) is 0 Å². The van der Waals surface area contributed by atoms with E-state index in [0.29, 0.717) is 6.04 Å². The number of hydrogen-bond acceptors (Lipinski definition) is 3. The highest BCUT2D eigenvalue weighted by Gasteiger charge is 2.28. The largest absolute Gasteiger partial charge is 0.338 e. The van der Waals surface area contributed by atoms with Gasteiger partial charge in [-0.05, 0) is 65.8 Å². The molecule has 2 fully saturated rings. The second-order valence-corrected chi connectivity index (χ2v) is 8.14. The molecule has 0 bridgehead atoms. The molecule has 1 saturated heterocycles. The Morgan fingerprint density at radius 1 is 1.26 bits per heavy atom. The Balaban J connectivity index is 1.57. The predicted octanol–water partition coefficient (Wildman–Crippen LogP) is 2.55. The monoisotopic (exact) mass is 318 g/mol. The number of carbonyl (C=O) groups is 1. The molecule has 1 aromatic rings. The normalized spacial score (nSPS) is 20.1. The van der Waals surface area contributed by atoms with Gasteiger partial charge in [-0.2, -0.15) is 5.10 Å². The first-order valence-electron chi connectivity index (χ1n) is 8.94. The van der Waals surface area contributed by atoms with Crippen molar-refractivity contribution in [3.8, 4) is 0 Å². The van der Waals surface area contributed by atoms with Crippen molar-refractivity contribution < 1.29 is 4.79 Å². The van der Waals surface area contributed by atoms with Gasteiger partial charge in [-0.3, -0.25) is 9.48 Å². The zero-order valence-electron chi connectivity index (χ0n) is 14.9. The molecule has 23 heavy (non-hydrogen) atoms. The molecule has 1 aromatic heterocycles. The van der Waals surface area contributed by atoms with Gasteiger partial charge in [0.1, 0.15) is 0 Å². The van der Waals surface area contributed by atoms with Crippen molar-refractivity contribution in [2.24, 2.45) is 5.92 Å². The highest BCUT2D eigenvalue weighted by atomic mass is 16.2. The number of aromatic nitrogens is 2. The van der Waals surface area contributed by atoms with Gasteiger partial charge in [-0.25, -0.2) is 0 Å². The molecule has 5 nitrogen and oxygen atoms in total. The third-order valence-electron chi connectivity index (χ3n) is 5.05. The third-order valence-corrected chi connectivity index (χ3v) is 5.05. The number of carbonyl (C=O) groups excluding carboxylic acids is 1. The number of nitrogens with zero attached hydrogens (tertiary/aromatic N) is 3. The SMILES string of the molecule is Cc1c(C(=O)N2CCC(NCC3CC3)CC2)cnn1C(C)(C)C. The molecule has 0 aromatic carbocycles. The molecule has 0 unspecified atom stereocenters. The summed E-state index contributed by atoms with van der Waals surface area (Å²) < 4.78 is 1.95. The predicted molar refractivity (Wildman–Crippen MR) is 91.6 cm³/mol. The van der Waals surface area contributed by atoms with Crippen LogP contribution in [0.5, 0.6) is 0 Å². The van der Waals surface area contributed by atoms with E-state index in [2.05, 4.69) is 31.2 Å². The Morgan fingerprint density at radius 2 is 1.91 bits per heavy atom. The van der Waals surface area contributed by atoms with E-state index >= 15 is 0 Å². The van der Waals surface area contributed by atoms with E-state index in [9.17, 15) is 4.79 Å². The fourth-order valence-corrected chi connectivity index (χ4v) is 3.41. The average Bonchev–Trinajstić information content (AvgIpc) is 3.25. The van der Waals surface area contributed by atoms with E-state index in [0.717, 1.165) is 49.7 Å². The Morgan fingerprint density at radius 3 is 2.43 bits per heavy atom. The summed E-state index contributed by atoms with van der Waals surface area (Å²) in [5, 5.41) is 8.09. The summed E-state index contributed by atoms with van der Waals surface area (Å²) in [6.07, 6.45) is 6.64. The van der Waals surface area contributed by atoms with Crippen LogP contribution >= 0.6 is 0 Å². The molecule has 1 amide bonds. The highest BCUT2D eigenvalue weighted by molar-refractivity contribution is 5.95. The lowest BCUT2D eigenvalue weighted by atomic mass is 10.0. The van der Waals surface area contributed by atoms with Gasteiger partial charge in [-0.15, -0.1) is 0 Å². The molecule has 0 spiro atoms. The summed E-state index contributed by atoms with van der Waals surface area (Å²) in [5.41, 5.74) is 1.63. The molecule has 0 radical (unpaired) electrons. The number of likely N-dealkylation sites (tertiary alicyclic amines) is 1. The molecular weight excluding hydrogens is 288 g/mol. The molecule has 0 atom stereocenters. The van der Waals surface area contributed by atoms with E-state index in [4.69, 9.17) is 0 Å². The van der Waals surface area contributed by atoms with Gasteiger partial charge in [0.2, 0.25) is 0 Å². The topological polar surface area (TPSA) is 50.2 Å². The van der Waals surface area contributed by atoms with Gasteiger partial charge in [0.15, 0.2) is 0 Å². The number of nitrogens with one attached hydrogen (secondary N) is 1. The standard InChI is InChI=1S/C18H30N4O/c1-13-16(12-20-22(13)18(2,3)4)17(23)21-9-7-15(8-10-21)19-11-14-5-6-14/h12,14-15,19H,5-11H2,1-4H3. The van der Waals surface area contributed by atoms with Crippen molar-refractivity contribution in [2.45, 2.75) is 65.0 Å². The molecule has 3 rings (SSSR count). The van der Waals surface area contributed by atoms with Crippen LogP contribution in [-0.2, 0) is 5.54 Å². The summed E-state index contributed by atoms with van der Waals surface area (Å²) >= 11 is 0. The van der Waals surface area contributed by atoms with Crippen LogP contribution < -0.4 is 5.32 Å². The van der Waals surface area contributed by atoms with Crippen molar-refractivity contribution >= 4 is 5.91 Å². The molecule has 5 heteroatoms. The lowest BCUT2D eigenvalue weighted by Crippen LogP contribution is -2.45. The third kappa shape index (κ3) is 3.77. The van der Waals surface area contributed by atoms with Gasteiger partial charge >= 0.3 is 0 Å². The van der Waals surface area contributed by atoms with Gasteiger partial charge < -0.3 is 10.2 Å². The smallest absolute Gasteiger partial charge is 0.257 e. The minimum Gasteiger partial charge on any atom is -0.338 e. The van der Waals surface area contributed by atoms with Crippen LogP contribution in [0.25, 0.3) is 0 Å². The minimum absolute atomic E-state index is 0.0949. The maximum Gasteiger partial charge on any atom is 0.257 e. The summed E-state index contributed by atoms with van der Waals surface area (Å²) in [7, 11) is 0. The lowest BCUT2D eigenvalue weighted by Gasteiger charge is -2.32. The van der Waals surface area contributed by atoms with Crippen LogP contribution in [0.4, 0.5) is 0 Å². The average molecular weight is 318 g/mol. The second kappa shape index (κ2) is 6.27. The van der Waals surface area contributed by atoms with Crippen LogP contribution in [0.3, 0.4) is 0 Å². The van der Waals surface area contributed by atoms with E-state index in [1.54, 1.807) is 6.20 Å². The number of rotatable bonds is 4. The molecular formula is C18H30N4O. The van der Waals surface area contributed by atoms with Gasteiger partial charge in [-0.1, -0.05) is 0 Å². The first kappa shape index (κ1) is 16.5. The van der Waals surface area contributed by atoms with Crippen LogP contribution in [-0.4, -0.2) is 46.3 Å². The highest BCUT2D eigenvalue weighted by Crippen LogP contribution is 2.28. The van der Waals surface area contributed by atoms with E-state index in [1.807, 2.05) is 16.5 Å². The van der Waals surface area contributed by atoms with E-state index in [1.165, 1.54) is 12.8 Å². The van der Waals surface area contributed by atoms with Gasteiger partial charge in [0.05, 0.1) is 17.3 Å². The molecule has 1 saturated carbocycles. The summed E-state index contributed by atoms with van der Waals surface area (Å²) in [6, 6.07) is 0.582. The fraction of sp³-hybridized carbons (Fsp3) is 0.778. The van der Waals surface area contributed by atoms with Crippen LogP contribution in [0.1, 0.15) is 62.5 Å². The van der Waals surface area contributed by atoms with Crippen molar-refractivity contribution in [3.05, 3.63) is 17.5 Å². The first-order chi connectivity index (χ1) is 10.9. The second-order valence-electron chi connectivity index (χ2n) is 8.14. The quantitative estimate of drug-likeness (QED) is 0.928. The van der Waals surface area contributed by atoms with Crippen molar-refractivity contribution in [2.75, 3.05) is 19.6 Å². The number of hydrogen-bond donors (Lipinski definition) is 1. The van der Waals surface area contributed by atoms with Crippen molar-refractivity contribution in [1.29, 1.82) is 0 Å². The maximum absolute atomic E-state index is 12.8. The van der Waals surface area contributed by atoms with E-state index < -0.39 is 0 Å². The lowest BCUT2D eigenvalue weighted by molar-refractivity contribution is 0.0704.